The van der Waals surface area contributed by atoms with Gasteiger partial charge in [0, 0.05) is 10.6 Å². The average Bonchev–Trinajstić information content (AvgIpc) is 2.23. The lowest BCUT2D eigenvalue weighted by Gasteiger charge is -2.26. The first-order valence-corrected chi connectivity index (χ1v) is 5.83. The van der Waals surface area contributed by atoms with E-state index in [-0.39, 0.29) is 5.54 Å². The van der Waals surface area contributed by atoms with E-state index in [0.29, 0.717) is 6.42 Å². The lowest BCUT2D eigenvalue weighted by molar-refractivity contribution is 0.159. The van der Waals surface area contributed by atoms with E-state index in [1.807, 2.05) is 39.0 Å². The first-order chi connectivity index (χ1) is 7.85. The van der Waals surface area contributed by atoms with Crippen molar-refractivity contribution < 1.29 is 9.53 Å². The minimum absolute atomic E-state index is 0.372. The highest BCUT2D eigenvalue weighted by Gasteiger charge is 2.22. The molecule has 0 heterocycles. The van der Waals surface area contributed by atoms with Gasteiger partial charge in [-0.25, -0.2) is 4.79 Å². The van der Waals surface area contributed by atoms with Crippen molar-refractivity contribution in [2.75, 3.05) is 7.11 Å². The molecule has 1 amide bonds. The molecule has 0 unspecified atom stereocenters. The molecule has 0 aromatic heterocycles. The van der Waals surface area contributed by atoms with Crippen LogP contribution in [0.2, 0.25) is 5.02 Å². The minimum Gasteiger partial charge on any atom is -0.453 e. The topological polar surface area (TPSA) is 38.3 Å². The molecule has 1 rings (SSSR count). The maximum atomic E-state index is 11.2. The van der Waals surface area contributed by atoms with Gasteiger partial charge in [0.2, 0.25) is 0 Å². The van der Waals surface area contributed by atoms with Crippen LogP contribution in [-0.2, 0) is 11.2 Å². The van der Waals surface area contributed by atoms with Gasteiger partial charge in [-0.15, -0.1) is 0 Å². The zero-order valence-electron chi connectivity index (χ0n) is 10.6. The van der Waals surface area contributed by atoms with Crippen LogP contribution in [0.25, 0.3) is 0 Å². The number of halogens is 1. The van der Waals surface area contributed by atoms with Gasteiger partial charge in [-0.05, 0) is 44.4 Å². The van der Waals surface area contributed by atoms with Crippen molar-refractivity contribution in [3.63, 3.8) is 0 Å². The summed E-state index contributed by atoms with van der Waals surface area (Å²) in [6.45, 7) is 5.88. The van der Waals surface area contributed by atoms with Crippen molar-refractivity contribution in [3.8, 4) is 0 Å². The zero-order valence-corrected chi connectivity index (χ0v) is 11.4. The number of carbonyl (C=O) groups is 1. The molecule has 0 aliphatic rings. The molecule has 4 heteroatoms. The molecule has 1 aromatic carbocycles. The second-order valence-corrected chi connectivity index (χ2v) is 5.11. The molecule has 3 nitrogen and oxygen atoms in total. The minimum atomic E-state index is -0.422. The average molecular weight is 256 g/mol. The fourth-order valence-electron chi connectivity index (χ4n) is 1.69. The number of hydrogen-bond donors (Lipinski definition) is 1. The molecule has 0 spiro atoms. The highest BCUT2D eigenvalue weighted by molar-refractivity contribution is 6.31. The largest absolute Gasteiger partial charge is 0.453 e. The second-order valence-electron chi connectivity index (χ2n) is 4.70. The molecule has 1 aromatic rings. The summed E-state index contributed by atoms with van der Waals surface area (Å²) in [4.78, 5) is 11.2. The van der Waals surface area contributed by atoms with E-state index < -0.39 is 6.09 Å². The fraction of sp³-hybridized carbons (Fsp3) is 0.462. The molecule has 1 N–H and O–H groups in total. The van der Waals surface area contributed by atoms with Crippen LogP contribution in [-0.4, -0.2) is 18.7 Å². The number of methoxy groups -OCH3 is 1. The molecule has 17 heavy (non-hydrogen) atoms. The maximum absolute atomic E-state index is 11.2. The van der Waals surface area contributed by atoms with Gasteiger partial charge in [0.25, 0.3) is 0 Å². The summed E-state index contributed by atoms with van der Waals surface area (Å²) in [5, 5.41) is 3.54. The van der Waals surface area contributed by atoms with Crippen molar-refractivity contribution in [1.29, 1.82) is 0 Å². The smallest absolute Gasteiger partial charge is 0.407 e. The predicted octanol–water partition coefficient (Wildman–Crippen LogP) is 3.33. The van der Waals surface area contributed by atoms with Crippen molar-refractivity contribution in [1.82, 2.24) is 5.32 Å². The van der Waals surface area contributed by atoms with E-state index >= 15 is 0 Å². The lowest BCUT2D eigenvalue weighted by Crippen LogP contribution is -2.45. The van der Waals surface area contributed by atoms with Crippen molar-refractivity contribution in [3.05, 3.63) is 34.3 Å². The van der Waals surface area contributed by atoms with Crippen LogP contribution in [0.5, 0.6) is 0 Å². The molecule has 0 radical (unpaired) electrons. The Morgan fingerprint density at radius 1 is 1.47 bits per heavy atom. The maximum Gasteiger partial charge on any atom is 0.407 e. The third kappa shape index (κ3) is 3.93. The number of rotatable bonds is 3. The standard InChI is InChI=1S/C13H18ClNO2/c1-9-10(6-5-7-11(9)14)8-13(2,3)15-12(16)17-4/h5-7H,8H2,1-4H3,(H,15,16). The summed E-state index contributed by atoms with van der Waals surface area (Å²) in [6, 6.07) is 5.79. The molecular weight excluding hydrogens is 238 g/mol. The Kier molecular flexibility index (Phi) is 4.40. The number of carbonyl (C=O) groups excluding carboxylic acids is 1. The van der Waals surface area contributed by atoms with Gasteiger partial charge in [-0.2, -0.15) is 0 Å². The van der Waals surface area contributed by atoms with Crippen LogP contribution in [0.3, 0.4) is 0 Å². The normalized spacial score (nSPS) is 11.1. The molecule has 0 bridgehead atoms. The Morgan fingerprint density at radius 3 is 2.71 bits per heavy atom. The summed E-state index contributed by atoms with van der Waals surface area (Å²) < 4.78 is 4.60. The van der Waals surface area contributed by atoms with Crippen molar-refractivity contribution in [2.45, 2.75) is 32.7 Å². The van der Waals surface area contributed by atoms with E-state index in [9.17, 15) is 4.79 Å². The summed E-state index contributed by atoms with van der Waals surface area (Å²) in [5.74, 6) is 0. The Balaban J connectivity index is 2.82. The van der Waals surface area contributed by atoms with Gasteiger partial charge in [-0.1, -0.05) is 23.7 Å². The SMILES string of the molecule is COC(=O)NC(C)(C)Cc1cccc(Cl)c1C. The first kappa shape index (κ1) is 13.8. The van der Waals surface area contributed by atoms with Gasteiger partial charge in [0.05, 0.1) is 7.11 Å². The lowest BCUT2D eigenvalue weighted by atomic mass is 9.92. The molecule has 0 saturated heterocycles. The van der Waals surface area contributed by atoms with E-state index in [1.54, 1.807) is 0 Å². The van der Waals surface area contributed by atoms with Crippen LogP contribution >= 0.6 is 11.6 Å². The first-order valence-electron chi connectivity index (χ1n) is 5.46. The number of hydrogen-bond acceptors (Lipinski definition) is 2. The summed E-state index contributed by atoms with van der Waals surface area (Å²) in [6.07, 6.45) is 0.281. The van der Waals surface area contributed by atoms with Gasteiger partial charge >= 0.3 is 6.09 Å². The van der Waals surface area contributed by atoms with Crippen molar-refractivity contribution >= 4 is 17.7 Å². The summed E-state index contributed by atoms with van der Waals surface area (Å²) >= 11 is 6.06. The van der Waals surface area contributed by atoms with Crippen LogP contribution in [0, 0.1) is 6.92 Å². The molecule has 0 aliphatic carbocycles. The quantitative estimate of drug-likeness (QED) is 0.900. The number of ether oxygens (including phenoxy) is 1. The molecule has 0 saturated carbocycles. The molecule has 94 valence electrons. The number of amides is 1. The molecule has 0 fully saturated rings. The van der Waals surface area contributed by atoms with E-state index in [4.69, 9.17) is 11.6 Å². The van der Waals surface area contributed by atoms with Gasteiger partial charge in [-0.3, -0.25) is 0 Å². The molecule has 0 aliphatic heterocycles. The Labute approximate surface area is 107 Å². The van der Waals surface area contributed by atoms with Crippen LogP contribution in [0.15, 0.2) is 18.2 Å². The fourth-order valence-corrected chi connectivity index (χ4v) is 1.89. The highest BCUT2D eigenvalue weighted by Crippen LogP contribution is 2.22. The van der Waals surface area contributed by atoms with Crippen LogP contribution in [0.4, 0.5) is 4.79 Å². The van der Waals surface area contributed by atoms with E-state index in [2.05, 4.69) is 10.1 Å². The number of benzene rings is 1. The Morgan fingerprint density at radius 2 is 2.12 bits per heavy atom. The third-order valence-corrected chi connectivity index (χ3v) is 3.05. The Bertz CT molecular complexity index is 416. The van der Waals surface area contributed by atoms with Crippen molar-refractivity contribution in [2.24, 2.45) is 0 Å². The van der Waals surface area contributed by atoms with Crippen LogP contribution < -0.4 is 5.32 Å². The summed E-state index contributed by atoms with van der Waals surface area (Å²) in [7, 11) is 1.36. The predicted molar refractivity (Wildman–Crippen MR) is 69.5 cm³/mol. The van der Waals surface area contributed by atoms with E-state index in [1.165, 1.54) is 7.11 Å². The Hall–Kier alpha value is -1.22. The third-order valence-electron chi connectivity index (χ3n) is 2.64. The number of alkyl carbamates (subject to hydrolysis) is 1. The monoisotopic (exact) mass is 255 g/mol. The zero-order chi connectivity index (χ0) is 13.1. The molecule has 0 atom stereocenters. The second kappa shape index (κ2) is 5.41. The van der Waals surface area contributed by atoms with Gasteiger partial charge < -0.3 is 10.1 Å². The molecular formula is C13H18ClNO2. The van der Waals surface area contributed by atoms with Gasteiger partial charge in [0.15, 0.2) is 0 Å². The van der Waals surface area contributed by atoms with Crippen LogP contribution in [0.1, 0.15) is 25.0 Å². The van der Waals surface area contributed by atoms with E-state index in [0.717, 1.165) is 16.1 Å². The number of nitrogens with one attached hydrogen (secondary N) is 1. The van der Waals surface area contributed by atoms with Gasteiger partial charge in [0.1, 0.15) is 0 Å². The highest BCUT2D eigenvalue weighted by atomic mass is 35.5. The summed E-state index contributed by atoms with van der Waals surface area (Å²) in [5.41, 5.74) is 1.80.